The van der Waals surface area contributed by atoms with Gasteiger partial charge in [0.2, 0.25) is 0 Å². The van der Waals surface area contributed by atoms with E-state index >= 15 is 0 Å². The van der Waals surface area contributed by atoms with Crippen molar-refractivity contribution in [1.29, 1.82) is 0 Å². The number of benzene rings is 1. The molecular weight excluding hydrogens is 330 g/mol. The Kier molecular flexibility index (Phi) is 5.20. The highest BCUT2D eigenvalue weighted by Gasteiger charge is 2.23. The van der Waals surface area contributed by atoms with Gasteiger partial charge >= 0.3 is 0 Å². The first-order chi connectivity index (χ1) is 12.8. The maximum atomic E-state index is 11.9. The van der Waals surface area contributed by atoms with Gasteiger partial charge in [0.1, 0.15) is 5.75 Å². The molecule has 2 aliphatic rings. The molecule has 6 heteroatoms. The molecule has 26 heavy (non-hydrogen) atoms. The second-order valence-corrected chi connectivity index (χ2v) is 7.19. The predicted molar refractivity (Wildman–Crippen MR) is 97.3 cm³/mol. The number of nitrogens with zero attached hydrogens (tertiary/aromatic N) is 1. The van der Waals surface area contributed by atoms with Gasteiger partial charge in [0, 0.05) is 18.7 Å². The fraction of sp³-hybridized carbons (Fsp3) is 0.500. The summed E-state index contributed by atoms with van der Waals surface area (Å²) in [6, 6.07) is 6.48. The van der Waals surface area contributed by atoms with Crippen LogP contribution < -0.4 is 10.1 Å². The molecule has 6 nitrogen and oxygen atoms in total. The first-order valence-electron chi connectivity index (χ1n) is 9.41. The van der Waals surface area contributed by atoms with Crippen molar-refractivity contribution >= 4 is 5.91 Å². The summed E-state index contributed by atoms with van der Waals surface area (Å²) in [7, 11) is 0. The van der Waals surface area contributed by atoms with Crippen LogP contribution in [0.2, 0.25) is 0 Å². The lowest BCUT2D eigenvalue weighted by Crippen LogP contribution is -2.38. The van der Waals surface area contributed by atoms with E-state index in [-0.39, 0.29) is 12.0 Å². The van der Waals surface area contributed by atoms with Crippen molar-refractivity contribution in [1.82, 2.24) is 15.5 Å². The number of H-pyrrole nitrogens is 1. The number of carbonyl (C=O) groups is 1. The van der Waals surface area contributed by atoms with E-state index in [0.717, 1.165) is 18.6 Å². The van der Waals surface area contributed by atoms with Crippen molar-refractivity contribution in [2.75, 3.05) is 19.8 Å². The summed E-state index contributed by atoms with van der Waals surface area (Å²) in [4.78, 5) is 11.9. The molecule has 1 saturated heterocycles. The largest absolute Gasteiger partial charge is 0.493 e. The highest BCUT2D eigenvalue weighted by atomic mass is 16.5. The van der Waals surface area contributed by atoms with E-state index in [1.165, 1.54) is 36.6 Å². The lowest BCUT2D eigenvalue weighted by Gasteiger charge is -2.29. The minimum absolute atomic E-state index is 0.0714. The second kappa shape index (κ2) is 7.91. The Labute approximate surface area is 153 Å². The number of carbonyl (C=O) groups excluding carboxylic acids is 1. The van der Waals surface area contributed by atoms with Gasteiger partial charge in [-0.2, -0.15) is 5.10 Å². The van der Waals surface area contributed by atoms with Crippen LogP contribution in [-0.4, -0.2) is 42.0 Å². The predicted octanol–water partition coefficient (Wildman–Crippen LogP) is 2.50. The molecule has 1 aromatic carbocycles. The van der Waals surface area contributed by atoms with Gasteiger partial charge in [-0.15, -0.1) is 0 Å². The molecule has 2 aromatic rings. The molecule has 2 heterocycles. The van der Waals surface area contributed by atoms with Gasteiger partial charge in [-0.1, -0.05) is 6.07 Å². The van der Waals surface area contributed by atoms with Gasteiger partial charge in [-0.05, 0) is 55.4 Å². The zero-order valence-corrected chi connectivity index (χ0v) is 14.9. The van der Waals surface area contributed by atoms with E-state index in [9.17, 15) is 4.79 Å². The van der Waals surface area contributed by atoms with Crippen LogP contribution in [0, 0.1) is 5.92 Å². The molecule has 2 atom stereocenters. The number of hydrogen-bond acceptors (Lipinski definition) is 4. The minimum atomic E-state index is -0.121. The van der Waals surface area contributed by atoms with Crippen molar-refractivity contribution in [3.63, 3.8) is 0 Å². The number of aromatic amines is 1. The summed E-state index contributed by atoms with van der Waals surface area (Å²) in [6.07, 6.45) is 8.79. The van der Waals surface area contributed by atoms with E-state index in [1.54, 1.807) is 6.20 Å². The average molecular weight is 355 g/mol. The van der Waals surface area contributed by atoms with Gasteiger partial charge < -0.3 is 14.8 Å². The lowest BCUT2D eigenvalue weighted by molar-refractivity contribution is -0.0251. The van der Waals surface area contributed by atoms with Crippen molar-refractivity contribution in [2.45, 2.75) is 38.2 Å². The number of rotatable bonds is 6. The summed E-state index contributed by atoms with van der Waals surface area (Å²) < 4.78 is 11.9. The molecule has 0 radical (unpaired) electrons. The van der Waals surface area contributed by atoms with Crippen molar-refractivity contribution in [2.24, 2.45) is 5.92 Å². The molecule has 0 spiro atoms. The summed E-state index contributed by atoms with van der Waals surface area (Å²) in [5.41, 5.74) is 3.45. The SMILES string of the molecule is O=C(NC[C@H]1CC[C@@H](COc2ccc3c(c2)CCC3)CO1)c1cn[nH]c1. The van der Waals surface area contributed by atoms with E-state index in [0.29, 0.717) is 31.2 Å². The summed E-state index contributed by atoms with van der Waals surface area (Å²) in [6.45, 7) is 1.90. The maximum Gasteiger partial charge on any atom is 0.254 e. The Hall–Kier alpha value is -2.34. The summed E-state index contributed by atoms with van der Waals surface area (Å²) >= 11 is 0. The van der Waals surface area contributed by atoms with E-state index < -0.39 is 0 Å². The number of hydrogen-bond donors (Lipinski definition) is 2. The molecule has 4 rings (SSSR count). The number of amides is 1. The molecule has 1 aromatic heterocycles. The van der Waals surface area contributed by atoms with Gasteiger partial charge in [-0.25, -0.2) is 0 Å². The first-order valence-corrected chi connectivity index (χ1v) is 9.41. The van der Waals surface area contributed by atoms with Crippen molar-refractivity contribution in [3.05, 3.63) is 47.3 Å². The number of aryl methyl sites for hydroxylation is 2. The molecule has 1 amide bonds. The number of fused-ring (bicyclic) bond motifs is 1. The van der Waals surface area contributed by atoms with Crippen molar-refractivity contribution in [3.8, 4) is 5.75 Å². The third-order valence-electron chi connectivity index (χ3n) is 5.27. The molecule has 2 N–H and O–H groups in total. The van der Waals surface area contributed by atoms with Crippen LogP contribution >= 0.6 is 0 Å². The Balaban J connectivity index is 1.17. The molecule has 1 aliphatic carbocycles. The van der Waals surface area contributed by atoms with Crippen LogP contribution in [0.25, 0.3) is 0 Å². The number of nitrogens with one attached hydrogen (secondary N) is 2. The molecule has 1 aliphatic heterocycles. The van der Waals surface area contributed by atoms with Crippen LogP contribution in [0.4, 0.5) is 0 Å². The normalized spacial score (nSPS) is 22.0. The molecule has 0 bridgehead atoms. The van der Waals surface area contributed by atoms with Gasteiger partial charge in [0.25, 0.3) is 5.91 Å². The summed E-state index contributed by atoms with van der Waals surface area (Å²) in [5.74, 6) is 1.26. The molecular formula is C20H25N3O3. The van der Waals surface area contributed by atoms with Crippen LogP contribution in [0.15, 0.2) is 30.6 Å². The molecule has 0 unspecified atom stereocenters. The fourth-order valence-corrected chi connectivity index (χ4v) is 3.69. The smallest absolute Gasteiger partial charge is 0.254 e. The third-order valence-corrected chi connectivity index (χ3v) is 5.27. The number of aromatic nitrogens is 2. The zero-order valence-electron chi connectivity index (χ0n) is 14.9. The molecule has 0 saturated carbocycles. The highest BCUT2D eigenvalue weighted by molar-refractivity contribution is 5.93. The topological polar surface area (TPSA) is 76.2 Å². The van der Waals surface area contributed by atoms with Crippen molar-refractivity contribution < 1.29 is 14.3 Å². The average Bonchev–Trinajstić information content (AvgIpc) is 3.36. The van der Waals surface area contributed by atoms with E-state index in [4.69, 9.17) is 9.47 Å². The molecule has 138 valence electrons. The van der Waals surface area contributed by atoms with Crippen LogP contribution in [0.5, 0.6) is 5.75 Å². The Morgan fingerprint density at radius 1 is 1.31 bits per heavy atom. The quantitative estimate of drug-likeness (QED) is 0.835. The van der Waals surface area contributed by atoms with Crippen LogP contribution in [0.3, 0.4) is 0 Å². The van der Waals surface area contributed by atoms with E-state index in [2.05, 4.69) is 33.7 Å². The van der Waals surface area contributed by atoms with E-state index in [1.807, 2.05) is 0 Å². The lowest BCUT2D eigenvalue weighted by atomic mass is 9.99. The van der Waals surface area contributed by atoms with Gasteiger partial charge in [0.15, 0.2) is 0 Å². The Bertz CT molecular complexity index is 737. The first kappa shape index (κ1) is 17.1. The standard InChI is InChI=1S/C20H25N3O3/c24-20(17-9-22-23-10-17)21-11-19-6-4-14(13-26-19)12-25-18-7-5-15-2-1-3-16(15)8-18/h5,7-10,14,19H,1-4,6,11-13H2,(H,21,24)(H,22,23)/t14-,19+/m0/s1. The maximum absolute atomic E-state index is 11.9. The fourth-order valence-electron chi connectivity index (χ4n) is 3.69. The Morgan fingerprint density at radius 2 is 2.23 bits per heavy atom. The van der Waals surface area contributed by atoms with Gasteiger partial charge in [-0.3, -0.25) is 9.89 Å². The third kappa shape index (κ3) is 4.07. The van der Waals surface area contributed by atoms with Crippen LogP contribution in [-0.2, 0) is 17.6 Å². The second-order valence-electron chi connectivity index (χ2n) is 7.19. The highest BCUT2D eigenvalue weighted by Crippen LogP contribution is 2.27. The Morgan fingerprint density at radius 3 is 3.04 bits per heavy atom. The summed E-state index contributed by atoms with van der Waals surface area (Å²) in [5, 5.41) is 9.32. The van der Waals surface area contributed by atoms with Crippen LogP contribution in [0.1, 0.15) is 40.7 Å². The zero-order chi connectivity index (χ0) is 17.8. The number of ether oxygens (including phenoxy) is 2. The minimum Gasteiger partial charge on any atom is -0.493 e. The molecule has 1 fully saturated rings. The monoisotopic (exact) mass is 355 g/mol. The van der Waals surface area contributed by atoms with Gasteiger partial charge in [0.05, 0.1) is 31.1 Å².